The summed E-state index contributed by atoms with van der Waals surface area (Å²) in [7, 11) is 1.70. The molecule has 98 valence electrons. The van der Waals surface area contributed by atoms with Crippen molar-refractivity contribution in [1.82, 2.24) is 20.3 Å². The summed E-state index contributed by atoms with van der Waals surface area (Å²) in [6, 6.07) is 1.90. The number of rotatable bonds is 3. The van der Waals surface area contributed by atoms with Crippen LogP contribution >= 0.6 is 11.3 Å². The Kier molecular flexibility index (Phi) is 4.28. The van der Waals surface area contributed by atoms with Crippen LogP contribution in [0.2, 0.25) is 0 Å². The molecule has 0 aliphatic carbocycles. The van der Waals surface area contributed by atoms with Crippen LogP contribution in [0, 0.1) is 11.8 Å². The van der Waals surface area contributed by atoms with E-state index in [0.717, 1.165) is 10.4 Å². The normalized spacial score (nSPS) is 9.79. The van der Waals surface area contributed by atoms with Gasteiger partial charge in [0.2, 0.25) is 0 Å². The van der Waals surface area contributed by atoms with E-state index in [1.807, 2.05) is 11.4 Å². The summed E-state index contributed by atoms with van der Waals surface area (Å²) in [5.74, 6) is 5.23. The highest BCUT2D eigenvalue weighted by Gasteiger charge is 2.14. The second-order valence-electron chi connectivity index (χ2n) is 3.80. The third-order valence-electron chi connectivity index (χ3n) is 2.34. The predicted molar refractivity (Wildman–Crippen MR) is 70.5 cm³/mol. The third-order valence-corrected chi connectivity index (χ3v) is 3.24. The van der Waals surface area contributed by atoms with E-state index in [1.165, 1.54) is 17.5 Å². The Hall–Kier alpha value is -2.17. The Morgan fingerprint density at radius 1 is 1.63 bits per heavy atom. The van der Waals surface area contributed by atoms with Gasteiger partial charge in [-0.1, -0.05) is 11.8 Å². The highest BCUT2D eigenvalue weighted by Crippen LogP contribution is 2.15. The quantitative estimate of drug-likeness (QED) is 0.799. The molecule has 1 amide bonds. The highest BCUT2D eigenvalue weighted by molar-refractivity contribution is 7.10. The van der Waals surface area contributed by atoms with Crippen LogP contribution in [0.5, 0.6) is 0 Å². The summed E-state index contributed by atoms with van der Waals surface area (Å²) < 4.78 is 0. The van der Waals surface area contributed by atoms with Crippen LogP contribution in [0.1, 0.15) is 20.9 Å². The van der Waals surface area contributed by atoms with E-state index in [4.69, 9.17) is 5.11 Å². The van der Waals surface area contributed by atoms with Gasteiger partial charge in [-0.25, -0.2) is 0 Å². The summed E-state index contributed by atoms with van der Waals surface area (Å²) in [6.07, 6.45) is 1.39. The lowest BCUT2D eigenvalue weighted by atomic mass is 10.3. The molecule has 0 unspecified atom stereocenters. The number of thiophene rings is 1. The summed E-state index contributed by atoms with van der Waals surface area (Å²) in [6.45, 7) is 0.320. The summed E-state index contributed by atoms with van der Waals surface area (Å²) >= 11 is 1.48. The fourth-order valence-corrected chi connectivity index (χ4v) is 2.27. The molecule has 0 spiro atoms. The van der Waals surface area contributed by atoms with Crippen molar-refractivity contribution in [1.29, 1.82) is 0 Å². The number of aromatic nitrogens is 3. The number of nitrogens with zero attached hydrogens (tertiary/aromatic N) is 3. The predicted octanol–water partition coefficient (Wildman–Crippen LogP) is 0.482. The Balaban J connectivity index is 2.01. The van der Waals surface area contributed by atoms with E-state index in [9.17, 15) is 4.79 Å². The van der Waals surface area contributed by atoms with Crippen molar-refractivity contribution < 1.29 is 9.90 Å². The Morgan fingerprint density at radius 3 is 3.16 bits per heavy atom. The van der Waals surface area contributed by atoms with E-state index >= 15 is 0 Å². The van der Waals surface area contributed by atoms with Gasteiger partial charge >= 0.3 is 0 Å². The first-order valence-corrected chi connectivity index (χ1v) is 6.37. The zero-order valence-electron chi connectivity index (χ0n) is 10.3. The van der Waals surface area contributed by atoms with Crippen molar-refractivity contribution in [2.24, 2.45) is 0 Å². The maximum absolute atomic E-state index is 11.9. The largest absolute Gasteiger partial charge is 0.384 e. The SMILES string of the molecule is CN(Cc1csc(C#CCO)c1)C(=O)c1cn[nH]n1. The first-order valence-electron chi connectivity index (χ1n) is 5.49. The lowest BCUT2D eigenvalue weighted by molar-refractivity contribution is 0.0779. The number of aliphatic hydroxyl groups excluding tert-OH is 1. The molecular formula is C12H12N4O2S. The maximum atomic E-state index is 11.9. The topological polar surface area (TPSA) is 82.1 Å². The molecule has 2 rings (SSSR count). The molecule has 19 heavy (non-hydrogen) atoms. The number of amides is 1. The molecule has 7 heteroatoms. The molecule has 2 aromatic heterocycles. The number of nitrogens with one attached hydrogen (secondary N) is 1. The average Bonchev–Trinajstić information content (AvgIpc) is 3.06. The summed E-state index contributed by atoms with van der Waals surface area (Å²) in [5, 5.41) is 20.3. The highest BCUT2D eigenvalue weighted by atomic mass is 32.1. The minimum Gasteiger partial charge on any atom is -0.384 e. The number of aliphatic hydroxyl groups is 1. The molecule has 2 aromatic rings. The molecule has 0 radical (unpaired) electrons. The fourth-order valence-electron chi connectivity index (χ4n) is 1.50. The van der Waals surface area contributed by atoms with Crippen molar-refractivity contribution in [2.75, 3.05) is 13.7 Å². The molecule has 6 nitrogen and oxygen atoms in total. The van der Waals surface area contributed by atoms with Gasteiger partial charge in [0, 0.05) is 13.6 Å². The van der Waals surface area contributed by atoms with Gasteiger partial charge in [-0.2, -0.15) is 15.4 Å². The second-order valence-corrected chi connectivity index (χ2v) is 4.71. The Labute approximate surface area is 114 Å². The van der Waals surface area contributed by atoms with Crippen molar-refractivity contribution >= 4 is 17.2 Å². The van der Waals surface area contributed by atoms with E-state index in [2.05, 4.69) is 27.3 Å². The van der Waals surface area contributed by atoms with E-state index in [0.29, 0.717) is 6.54 Å². The van der Waals surface area contributed by atoms with Crippen molar-refractivity contribution in [3.8, 4) is 11.8 Å². The van der Waals surface area contributed by atoms with Crippen LogP contribution in [0.25, 0.3) is 0 Å². The van der Waals surface area contributed by atoms with Crippen LogP contribution in [0.4, 0.5) is 0 Å². The zero-order valence-corrected chi connectivity index (χ0v) is 11.1. The molecule has 0 atom stereocenters. The van der Waals surface area contributed by atoms with Gasteiger partial charge in [0.15, 0.2) is 5.69 Å². The Morgan fingerprint density at radius 2 is 2.47 bits per heavy atom. The zero-order chi connectivity index (χ0) is 13.7. The maximum Gasteiger partial charge on any atom is 0.276 e. The van der Waals surface area contributed by atoms with Crippen molar-refractivity contribution in [2.45, 2.75) is 6.54 Å². The van der Waals surface area contributed by atoms with E-state index in [1.54, 1.807) is 11.9 Å². The van der Waals surface area contributed by atoms with Crippen LogP contribution < -0.4 is 0 Å². The average molecular weight is 276 g/mol. The molecule has 0 saturated carbocycles. The van der Waals surface area contributed by atoms with Gasteiger partial charge in [0.25, 0.3) is 5.91 Å². The van der Waals surface area contributed by atoms with E-state index in [-0.39, 0.29) is 18.2 Å². The first kappa shape index (κ1) is 13.3. The van der Waals surface area contributed by atoms with Gasteiger partial charge < -0.3 is 10.0 Å². The van der Waals surface area contributed by atoms with Gasteiger partial charge in [0.1, 0.15) is 6.61 Å². The molecule has 2 heterocycles. The minimum absolute atomic E-state index is 0.155. The second kappa shape index (κ2) is 6.13. The Bertz CT molecular complexity index is 609. The van der Waals surface area contributed by atoms with Crippen molar-refractivity contribution in [3.63, 3.8) is 0 Å². The van der Waals surface area contributed by atoms with Crippen LogP contribution in [-0.4, -0.2) is 45.0 Å². The molecular weight excluding hydrogens is 264 g/mol. The number of aromatic amines is 1. The number of hydrogen-bond acceptors (Lipinski definition) is 5. The molecule has 2 N–H and O–H groups in total. The van der Waals surface area contributed by atoms with Crippen LogP contribution in [-0.2, 0) is 6.54 Å². The van der Waals surface area contributed by atoms with Gasteiger partial charge in [0.05, 0.1) is 11.1 Å². The van der Waals surface area contributed by atoms with Gasteiger partial charge in [-0.05, 0) is 17.0 Å². The molecule has 0 bridgehead atoms. The third kappa shape index (κ3) is 3.40. The van der Waals surface area contributed by atoms with Gasteiger partial charge in [-0.3, -0.25) is 4.79 Å². The minimum atomic E-state index is -0.192. The molecule has 0 fully saturated rings. The summed E-state index contributed by atoms with van der Waals surface area (Å²) in [5.41, 5.74) is 1.28. The monoisotopic (exact) mass is 276 g/mol. The van der Waals surface area contributed by atoms with Gasteiger partial charge in [-0.15, -0.1) is 11.3 Å². The van der Waals surface area contributed by atoms with E-state index < -0.39 is 0 Å². The van der Waals surface area contributed by atoms with Crippen molar-refractivity contribution in [3.05, 3.63) is 33.8 Å². The molecule has 0 aliphatic heterocycles. The number of carbonyl (C=O) groups is 1. The van der Waals surface area contributed by atoms with Crippen LogP contribution in [0.3, 0.4) is 0 Å². The first-order chi connectivity index (χ1) is 9.20. The number of hydrogen-bond donors (Lipinski definition) is 2. The fraction of sp³-hybridized carbons (Fsp3) is 0.250. The molecule has 0 aliphatic rings. The lowest BCUT2D eigenvalue weighted by Crippen LogP contribution is -2.26. The smallest absolute Gasteiger partial charge is 0.276 e. The molecule has 0 aromatic carbocycles. The van der Waals surface area contributed by atoms with Crippen LogP contribution in [0.15, 0.2) is 17.6 Å². The molecule has 0 saturated heterocycles. The standard InChI is InChI=1S/C12H12N4O2S/c1-16(12(18)11-6-13-15-14-11)7-9-5-10(19-8-9)3-2-4-17/h5-6,8,17H,4,7H2,1H3,(H,13,14,15). The number of H-pyrrole nitrogens is 1. The summed E-state index contributed by atoms with van der Waals surface area (Å²) in [4.78, 5) is 14.4. The number of carbonyl (C=O) groups excluding carboxylic acids is 1. The lowest BCUT2D eigenvalue weighted by Gasteiger charge is -2.14.